The molecule has 2 aromatic carbocycles. The van der Waals surface area contributed by atoms with Crippen LogP contribution in [-0.4, -0.2) is 36.9 Å². The van der Waals surface area contributed by atoms with E-state index in [1.54, 1.807) is 19.9 Å². The van der Waals surface area contributed by atoms with Gasteiger partial charge in [0.05, 0.1) is 11.4 Å². The van der Waals surface area contributed by atoms with Gasteiger partial charge in [0.1, 0.15) is 5.69 Å². The van der Waals surface area contributed by atoms with Crippen molar-refractivity contribution in [3.63, 3.8) is 0 Å². The van der Waals surface area contributed by atoms with E-state index in [1.165, 1.54) is 28.6 Å². The first-order valence-corrected chi connectivity index (χ1v) is 10.8. The van der Waals surface area contributed by atoms with Crippen molar-refractivity contribution in [2.45, 2.75) is 25.3 Å². The molecule has 0 aliphatic rings. The molecular formula is C21H23N3O4S. The third kappa shape index (κ3) is 4.72. The summed E-state index contributed by atoms with van der Waals surface area (Å²) in [7, 11) is -3.54. The Hall–Kier alpha value is -2.97. The monoisotopic (exact) mass is 413 g/mol. The molecule has 0 atom stereocenters. The summed E-state index contributed by atoms with van der Waals surface area (Å²) in [4.78, 5) is 12.5. The number of carbonyl (C=O) groups is 1. The van der Waals surface area contributed by atoms with E-state index >= 15 is 0 Å². The lowest BCUT2D eigenvalue weighted by atomic mass is 10.1. The number of carbonyl (C=O) groups excluding carboxylic acids is 1. The lowest BCUT2D eigenvalue weighted by molar-refractivity contribution is 0.0950. The molecule has 8 heteroatoms. The van der Waals surface area contributed by atoms with E-state index in [0.717, 1.165) is 5.56 Å². The Morgan fingerprint density at radius 2 is 1.69 bits per heavy atom. The second-order valence-corrected chi connectivity index (χ2v) is 8.28. The minimum Gasteiger partial charge on any atom is -0.356 e. The first-order chi connectivity index (χ1) is 14.0. The topological polar surface area (TPSA) is 92.5 Å². The van der Waals surface area contributed by atoms with E-state index in [0.29, 0.717) is 30.1 Å². The van der Waals surface area contributed by atoms with E-state index in [4.69, 9.17) is 4.52 Å². The number of aromatic nitrogens is 1. The summed E-state index contributed by atoms with van der Waals surface area (Å²) >= 11 is 0. The molecule has 0 saturated carbocycles. The number of hydrogen-bond donors (Lipinski definition) is 1. The fraction of sp³-hybridized carbons (Fsp3) is 0.238. The Morgan fingerprint density at radius 3 is 2.31 bits per heavy atom. The molecule has 0 bridgehead atoms. The predicted molar refractivity (Wildman–Crippen MR) is 110 cm³/mol. The second-order valence-electron chi connectivity index (χ2n) is 6.34. The van der Waals surface area contributed by atoms with Crippen molar-refractivity contribution in [1.82, 2.24) is 14.8 Å². The molecule has 0 saturated heterocycles. The number of rotatable bonds is 8. The van der Waals surface area contributed by atoms with Gasteiger partial charge < -0.3 is 9.84 Å². The van der Waals surface area contributed by atoms with Crippen LogP contribution in [0.2, 0.25) is 0 Å². The maximum absolute atomic E-state index is 12.5. The molecule has 1 aromatic heterocycles. The minimum atomic E-state index is -3.54. The lowest BCUT2D eigenvalue weighted by Crippen LogP contribution is -2.30. The van der Waals surface area contributed by atoms with Gasteiger partial charge in [0.15, 0.2) is 5.76 Å². The maximum Gasteiger partial charge on any atom is 0.251 e. The van der Waals surface area contributed by atoms with Gasteiger partial charge in [-0.1, -0.05) is 49.3 Å². The molecule has 0 aliphatic carbocycles. The van der Waals surface area contributed by atoms with Gasteiger partial charge in [-0.15, -0.1) is 0 Å². The Morgan fingerprint density at radius 1 is 1.03 bits per heavy atom. The highest BCUT2D eigenvalue weighted by Crippen LogP contribution is 2.20. The van der Waals surface area contributed by atoms with Crippen LogP contribution in [0.25, 0.3) is 11.3 Å². The molecule has 29 heavy (non-hydrogen) atoms. The van der Waals surface area contributed by atoms with Crippen LogP contribution in [-0.2, 0) is 16.6 Å². The SMILES string of the molecule is CCN(CC)S(=O)(=O)c1ccc(C(=O)NCc2cc(-c3ccccc3)on2)cc1. The first kappa shape index (κ1) is 20.8. The summed E-state index contributed by atoms with van der Waals surface area (Å²) in [6.45, 7) is 4.56. The highest BCUT2D eigenvalue weighted by Gasteiger charge is 2.21. The average Bonchev–Trinajstić information content (AvgIpc) is 3.22. The standard InChI is InChI=1S/C21H23N3O4S/c1-3-24(4-2)29(26,27)19-12-10-17(11-13-19)21(25)22-15-18-14-20(28-23-18)16-8-6-5-7-9-16/h5-14H,3-4,15H2,1-2H3,(H,22,25). The Labute approximate surface area is 170 Å². The lowest BCUT2D eigenvalue weighted by Gasteiger charge is -2.18. The molecule has 7 nitrogen and oxygen atoms in total. The third-order valence-electron chi connectivity index (χ3n) is 4.51. The van der Waals surface area contributed by atoms with Gasteiger partial charge >= 0.3 is 0 Å². The molecule has 3 rings (SSSR count). The molecule has 0 spiro atoms. The Kier molecular flexibility index (Phi) is 6.46. The summed E-state index contributed by atoms with van der Waals surface area (Å²) in [5.41, 5.74) is 1.87. The van der Waals surface area contributed by atoms with Gasteiger partial charge in [-0.2, -0.15) is 4.31 Å². The molecular weight excluding hydrogens is 390 g/mol. The normalized spacial score (nSPS) is 11.6. The molecule has 1 heterocycles. The van der Waals surface area contributed by atoms with Crippen LogP contribution in [0.15, 0.2) is 70.1 Å². The quantitative estimate of drug-likeness (QED) is 0.612. The van der Waals surface area contributed by atoms with Crippen molar-refractivity contribution in [3.8, 4) is 11.3 Å². The highest BCUT2D eigenvalue weighted by atomic mass is 32.2. The van der Waals surface area contributed by atoms with Gasteiger partial charge in [-0.05, 0) is 24.3 Å². The van der Waals surface area contributed by atoms with E-state index in [1.807, 2.05) is 30.3 Å². The number of hydrogen-bond acceptors (Lipinski definition) is 5. The van der Waals surface area contributed by atoms with Crippen molar-refractivity contribution < 1.29 is 17.7 Å². The number of nitrogens with one attached hydrogen (secondary N) is 1. The van der Waals surface area contributed by atoms with E-state index in [-0.39, 0.29) is 17.3 Å². The summed E-state index contributed by atoms with van der Waals surface area (Å²) < 4.78 is 31.7. The smallest absolute Gasteiger partial charge is 0.251 e. The zero-order valence-corrected chi connectivity index (χ0v) is 17.1. The summed E-state index contributed by atoms with van der Waals surface area (Å²) in [6, 6.07) is 17.2. The first-order valence-electron chi connectivity index (χ1n) is 9.35. The molecule has 0 radical (unpaired) electrons. The van der Waals surface area contributed by atoms with Crippen molar-refractivity contribution in [2.75, 3.05) is 13.1 Å². The van der Waals surface area contributed by atoms with Gasteiger partial charge in [-0.25, -0.2) is 8.42 Å². The minimum absolute atomic E-state index is 0.168. The van der Waals surface area contributed by atoms with Gasteiger partial charge in [0.25, 0.3) is 5.91 Å². The van der Waals surface area contributed by atoms with Crippen molar-refractivity contribution in [3.05, 3.63) is 71.9 Å². The Balaban J connectivity index is 1.64. The van der Waals surface area contributed by atoms with Crippen molar-refractivity contribution >= 4 is 15.9 Å². The fourth-order valence-electron chi connectivity index (χ4n) is 2.90. The number of nitrogens with zero attached hydrogens (tertiary/aromatic N) is 2. The van der Waals surface area contributed by atoms with Crippen LogP contribution in [0.4, 0.5) is 0 Å². The van der Waals surface area contributed by atoms with E-state index < -0.39 is 10.0 Å². The number of benzene rings is 2. The molecule has 0 unspecified atom stereocenters. The van der Waals surface area contributed by atoms with Crippen LogP contribution in [0.3, 0.4) is 0 Å². The summed E-state index contributed by atoms with van der Waals surface area (Å²) in [5.74, 6) is 0.307. The Bertz CT molecular complexity index is 1060. The van der Waals surface area contributed by atoms with Crippen LogP contribution in [0.5, 0.6) is 0 Å². The largest absolute Gasteiger partial charge is 0.356 e. The van der Waals surface area contributed by atoms with E-state index in [2.05, 4.69) is 10.5 Å². The van der Waals surface area contributed by atoms with Gasteiger partial charge in [-0.3, -0.25) is 4.79 Å². The zero-order valence-electron chi connectivity index (χ0n) is 16.3. The summed E-state index contributed by atoms with van der Waals surface area (Å²) in [5, 5.41) is 6.73. The zero-order chi connectivity index (χ0) is 20.9. The van der Waals surface area contributed by atoms with Gasteiger partial charge in [0, 0.05) is 30.3 Å². The number of sulfonamides is 1. The van der Waals surface area contributed by atoms with Gasteiger partial charge in [0.2, 0.25) is 10.0 Å². The van der Waals surface area contributed by atoms with Crippen molar-refractivity contribution in [2.24, 2.45) is 0 Å². The highest BCUT2D eigenvalue weighted by molar-refractivity contribution is 7.89. The van der Waals surface area contributed by atoms with E-state index in [9.17, 15) is 13.2 Å². The van der Waals surface area contributed by atoms with Crippen LogP contribution in [0, 0.1) is 0 Å². The fourth-order valence-corrected chi connectivity index (χ4v) is 4.36. The van der Waals surface area contributed by atoms with Crippen LogP contribution < -0.4 is 5.32 Å². The molecule has 0 aliphatic heterocycles. The second kappa shape index (κ2) is 9.02. The molecule has 1 N–H and O–H groups in total. The van der Waals surface area contributed by atoms with Crippen molar-refractivity contribution in [1.29, 1.82) is 0 Å². The van der Waals surface area contributed by atoms with Crippen LogP contribution >= 0.6 is 0 Å². The molecule has 3 aromatic rings. The molecule has 152 valence electrons. The summed E-state index contributed by atoms with van der Waals surface area (Å²) in [6.07, 6.45) is 0. The third-order valence-corrected chi connectivity index (χ3v) is 6.57. The average molecular weight is 413 g/mol. The molecule has 1 amide bonds. The maximum atomic E-state index is 12.5. The predicted octanol–water partition coefficient (Wildman–Crippen LogP) is 3.30. The van der Waals surface area contributed by atoms with Crippen LogP contribution in [0.1, 0.15) is 29.9 Å². The molecule has 0 fully saturated rings. The number of amides is 1.